The number of hydrogen-bond donors (Lipinski definition) is 3. The first kappa shape index (κ1) is 18.1. The molecule has 7 heteroatoms. The number of thiophene rings is 1. The van der Waals surface area contributed by atoms with Gasteiger partial charge in [-0.3, -0.25) is 14.4 Å². The lowest BCUT2D eigenvalue weighted by Gasteiger charge is -2.27. The second-order valence-corrected chi connectivity index (χ2v) is 7.28. The van der Waals surface area contributed by atoms with E-state index in [4.69, 9.17) is 0 Å². The van der Waals surface area contributed by atoms with Crippen molar-refractivity contribution in [3.05, 3.63) is 40.3 Å². The van der Waals surface area contributed by atoms with Crippen LogP contribution in [-0.2, 0) is 9.59 Å². The number of aryl methyl sites for hydroxylation is 2. The number of Topliss-reactive ketones (excluding diaryl/α,β-unsaturated/α-hetero) is 1. The van der Waals surface area contributed by atoms with Crippen LogP contribution in [0.15, 0.2) is 23.6 Å². The number of ketones is 1. The van der Waals surface area contributed by atoms with Gasteiger partial charge in [0.15, 0.2) is 5.78 Å². The lowest BCUT2D eigenvalue weighted by atomic mass is 10.0. The molecule has 0 radical (unpaired) electrons. The highest BCUT2D eigenvalue weighted by atomic mass is 32.1. The summed E-state index contributed by atoms with van der Waals surface area (Å²) in [6.45, 7) is 5.76. The summed E-state index contributed by atoms with van der Waals surface area (Å²) in [6.07, 6.45) is 0.359. The van der Waals surface area contributed by atoms with Crippen LogP contribution in [0.5, 0.6) is 0 Å². The minimum Gasteiger partial charge on any atom is -0.372 e. The summed E-state index contributed by atoms with van der Waals surface area (Å²) in [6, 6.07) is 4.93. The topological polar surface area (TPSA) is 87.3 Å². The summed E-state index contributed by atoms with van der Waals surface area (Å²) in [5, 5.41) is 11.0. The Hall–Kier alpha value is -2.67. The quantitative estimate of drug-likeness (QED) is 0.699. The summed E-state index contributed by atoms with van der Waals surface area (Å²) in [5.74, 6) is -0.570. The van der Waals surface area contributed by atoms with Crippen molar-refractivity contribution in [2.75, 3.05) is 16.0 Å². The molecule has 2 amide bonds. The Bertz CT molecular complexity index is 888. The Labute approximate surface area is 156 Å². The SMILES string of the molecule is CCC(=O)c1ccsc1NC(=O)C[C@@H]1Nc2cc(C)c(C)cc2NC1=O. The van der Waals surface area contributed by atoms with Crippen molar-refractivity contribution >= 4 is 45.3 Å². The summed E-state index contributed by atoms with van der Waals surface area (Å²) >= 11 is 1.30. The zero-order chi connectivity index (χ0) is 18.8. The van der Waals surface area contributed by atoms with Gasteiger partial charge < -0.3 is 16.0 Å². The van der Waals surface area contributed by atoms with E-state index in [1.807, 2.05) is 26.0 Å². The van der Waals surface area contributed by atoms with Gasteiger partial charge in [-0.1, -0.05) is 6.92 Å². The highest BCUT2D eigenvalue weighted by molar-refractivity contribution is 7.14. The van der Waals surface area contributed by atoms with Gasteiger partial charge in [-0.25, -0.2) is 0 Å². The molecule has 3 N–H and O–H groups in total. The van der Waals surface area contributed by atoms with Crippen molar-refractivity contribution in [1.29, 1.82) is 0 Å². The number of hydrogen-bond acceptors (Lipinski definition) is 5. The maximum absolute atomic E-state index is 12.4. The van der Waals surface area contributed by atoms with Crippen LogP contribution in [0.4, 0.5) is 16.4 Å². The van der Waals surface area contributed by atoms with Gasteiger partial charge in [-0.15, -0.1) is 11.3 Å². The monoisotopic (exact) mass is 371 g/mol. The molecule has 0 fully saturated rings. The molecule has 1 aromatic heterocycles. The minimum atomic E-state index is -0.658. The van der Waals surface area contributed by atoms with Gasteiger partial charge in [0.05, 0.1) is 23.4 Å². The van der Waals surface area contributed by atoms with Crippen LogP contribution >= 0.6 is 11.3 Å². The molecule has 1 aromatic carbocycles. The van der Waals surface area contributed by atoms with Gasteiger partial charge in [0, 0.05) is 6.42 Å². The molecule has 0 bridgehead atoms. The van der Waals surface area contributed by atoms with E-state index < -0.39 is 6.04 Å². The van der Waals surface area contributed by atoms with Crippen LogP contribution < -0.4 is 16.0 Å². The Kier molecular flexibility index (Phi) is 5.08. The van der Waals surface area contributed by atoms with E-state index in [1.165, 1.54) is 11.3 Å². The standard InChI is InChI=1S/C19H21N3O3S/c1-4-16(23)12-5-6-26-19(12)22-17(24)9-15-18(25)21-14-8-11(3)10(2)7-13(14)20-15/h5-8,15,20H,4,9H2,1-3H3,(H,21,25)(H,22,24)/t15-/m0/s1. The molecule has 1 aliphatic rings. The average molecular weight is 371 g/mol. The van der Waals surface area contributed by atoms with E-state index in [0.717, 1.165) is 22.5 Å². The van der Waals surface area contributed by atoms with Gasteiger partial charge in [0.1, 0.15) is 11.0 Å². The summed E-state index contributed by atoms with van der Waals surface area (Å²) in [5.41, 5.74) is 4.25. The van der Waals surface area contributed by atoms with Crippen LogP contribution in [0.25, 0.3) is 0 Å². The molecular weight excluding hydrogens is 350 g/mol. The van der Waals surface area contributed by atoms with Crippen molar-refractivity contribution in [3.63, 3.8) is 0 Å². The number of benzene rings is 1. The van der Waals surface area contributed by atoms with Gasteiger partial charge in [0.2, 0.25) is 11.8 Å². The van der Waals surface area contributed by atoms with Crippen LogP contribution in [0.2, 0.25) is 0 Å². The summed E-state index contributed by atoms with van der Waals surface area (Å²) in [4.78, 5) is 36.6. The minimum absolute atomic E-state index is 0.0180. The van der Waals surface area contributed by atoms with Crippen molar-refractivity contribution in [2.45, 2.75) is 39.7 Å². The van der Waals surface area contributed by atoms with Crippen LogP contribution in [-0.4, -0.2) is 23.6 Å². The normalized spacial score (nSPS) is 15.7. The van der Waals surface area contributed by atoms with Gasteiger partial charge in [-0.05, 0) is 48.6 Å². The number of carbonyl (C=O) groups excluding carboxylic acids is 3. The van der Waals surface area contributed by atoms with Gasteiger partial charge >= 0.3 is 0 Å². The molecule has 0 spiro atoms. The van der Waals surface area contributed by atoms with E-state index in [-0.39, 0.29) is 24.0 Å². The molecule has 136 valence electrons. The number of fused-ring (bicyclic) bond motifs is 1. The largest absolute Gasteiger partial charge is 0.372 e. The Morgan fingerprint density at radius 3 is 2.58 bits per heavy atom. The average Bonchev–Trinajstić information content (AvgIpc) is 3.04. The lowest BCUT2D eigenvalue weighted by molar-refractivity contribution is -0.122. The summed E-state index contributed by atoms with van der Waals surface area (Å²) in [7, 11) is 0. The van der Waals surface area contributed by atoms with Crippen molar-refractivity contribution in [1.82, 2.24) is 0 Å². The molecule has 3 rings (SSSR count). The Balaban J connectivity index is 1.70. The third kappa shape index (κ3) is 3.62. The van der Waals surface area contributed by atoms with E-state index in [0.29, 0.717) is 17.0 Å². The zero-order valence-electron chi connectivity index (χ0n) is 14.9. The molecular formula is C19H21N3O3S. The predicted octanol–water partition coefficient (Wildman–Crippen LogP) is 3.72. The number of nitrogens with one attached hydrogen (secondary N) is 3. The maximum Gasteiger partial charge on any atom is 0.247 e. The number of carbonyl (C=O) groups is 3. The zero-order valence-corrected chi connectivity index (χ0v) is 15.8. The van der Waals surface area contributed by atoms with Crippen molar-refractivity contribution in [2.24, 2.45) is 0 Å². The first-order valence-corrected chi connectivity index (χ1v) is 9.36. The molecule has 0 unspecified atom stereocenters. The van der Waals surface area contributed by atoms with Crippen molar-refractivity contribution in [3.8, 4) is 0 Å². The fraction of sp³-hybridized carbons (Fsp3) is 0.316. The molecule has 2 aromatic rings. The second-order valence-electron chi connectivity index (χ2n) is 6.36. The van der Waals surface area contributed by atoms with Crippen LogP contribution in [0, 0.1) is 13.8 Å². The lowest BCUT2D eigenvalue weighted by Crippen LogP contribution is -2.41. The highest BCUT2D eigenvalue weighted by Crippen LogP contribution is 2.31. The molecule has 1 aliphatic heterocycles. The summed E-state index contributed by atoms with van der Waals surface area (Å²) < 4.78 is 0. The molecule has 0 saturated heterocycles. The fourth-order valence-corrected chi connectivity index (χ4v) is 3.66. The molecule has 1 atom stereocenters. The third-order valence-corrected chi connectivity index (χ3v) is 5.30. The third-order valence-electron chi connectivity index (χ3n) is 4.47. The smallest absolute Gasteiger partial charge is 0.247 e. The van der Waals surface area contributed by atoms with Crippen molar-refractivity contribution < 1.29 is 14.4 Å². The first-order valence-electron chi connectivity index (χ1n) is 8.48. The van der Waals surface area contributed by atoms with Crippen LogP contribution in [0.3, 0.4) is 0 Å². The molecule has 6 nitrogen and oxygen atoms in total. The number of anilines is 3. The van der Waals surface area contributed by atoms with Crippen LogP contribution in [0.1, 0.15) is 41.3 Å². The second kappa shape index (κ2) is 7.29. The predicted molar refractivity (Wildman–Crippen MR) is 104 cm³/mol. The highest BCUT2D eigenvalue weighted by Gasteiger charge is 2.28. The van der Waals surface area contributed by atoms with E-state index in [9.17, 15) is 14.4 Å². The first-order chi connectivity index (χ1) is 12.4. The Morgan fingerprint density at radius 2 is 1.88 bits per heavy atom. The molecule has 0 saturated carbocycles. The van der Waals surface area contributed by atoms with E-state index in [2.05, 4.69) is 16.0 Å². The Morgan fingerprint density at radius 1 is 1.19 bits per heavy atom. The number of rotatable bonds is 5. The molecule has 26 heavy (non-hydrogen) atoms. The maximum atomic E-state index is 12.4. The molecule has 2 heterocycles. The number of amides is 2. The van der Waals surface area contributed by atoms with E-state index >= 15 is 0 Å². The van der Waals surface area contributed by atoms with Gasteiger partial charge in [0.25, 0.3) is 0 Å². The van der Waals surface area contributed by atoms with E-state index in [1.54, 1.807) is 18.4 Å². The molecule has 0 aliphatic carbocycles. The van der Waals surface area contributed by atoms with Gasteiger partial charge in [-0.2, -0.15) is 0 Å². The fourth-order valence-electron chi connectivity index (χ4n) is 2.84.